The van der Waals surface area contributed by atoms with Crippen LogP contribution < -0.4 is 9.47 Å². The molecule has 188 valence electrons. The molecule has 0 aliphatic carbocycles. The number of aryl methyl sites for hydroxylation is 1. The quantitative estimate of drug-likeness (QED) is 0.276. The summed E-state index contributed by atoms with van der Waals surface area (Å²) >= 11 is 0. The average molecular weight is 492 g/mol. The number of aromatic amines is 1. The summed E-state index contributed by atoms with van der Waals surface area (Å²) in [4.78, 5) is 10.9. The van der Waals surface area contributed by atoms with E-state index < -0.39 is 0 Å². The van der Waals surface area contributed by atoms with Gasteiger partial charge >= 0.3 is 0 Å². The summed E-state index contributed by atoms with van der Waals surface area (Å²) in [5, 5.41) is 2.52. The summed E-state index contributed by atoms with van der Waals surface area (Å²) in [5.74, 6) is 2.07. The molecule has 0 bridgehead atoms. The van der Waals surface area contributed by atoms with Crippen molar-refractivity contribution in [2.24, 2.45) is 0 Å². The van der Waals surface area contributed by atoms with E-state index in [2.05, 4.69) is 70.3 Å². The molecule has 1 fully saturated rings. The van der Waals surface area contributed by atoms with Crippen LogP contribution in [0.4, 0.5) is 0 Å². The van der Waals surface area contributed by atoms with Crippen molar-refractivity contribution >= 4 is 21.8 Å². The monoisotopic (exact) mass is 491 g/mol. The molecule has 5 aromatic rings. The smallest absolute Gasteiger partial charge is 0.161 e. The number of nitrogens with zero attached hydrogens (tertiary/aromatic N) is 2. The van der Waals surface area contributed by atoms with E-state index >= 15 is 0 Å². The first kappa shape index (κ1) is 23.6. The van der Waals surface area contributed by atoms with E-state index in [9.17, 15) is 0 Å². The zero-order valence-corrected chi connectivity index (χ0v) is 21.8. The number of fused-ring (bicyclic) bond motifs is 2. The summed E-state index contributed by atoms with van der Waals surface area (Å²) in [7, 11) is 3.34. The highest BCUT2D eigenvalue weighted by Gasteiger charge is 2.22. The second-order valence-corrected chi connectivity index (χ2v) is 10.0. The van der Waals surface area contributed by atoms with Crippen LogP contribution in [0.3, 0.4) is 0 Å². The van der Waals surface area contributed by atoms with E-state index in [4.69, 9.17) is 9.47 Å². The van der Waals surface area contributed by atoms with Gasteiger partial charge in [0.05, 0.1) is 19.7 Å². The van der Waals surface area contributed by atoms with Crippen molar-refractivity contribution in [2.75, 3.05) is 27.3 Å². The Kier molecular flexibility index (Phi) is 6.31. The van der Waals surface area contributed by atoms with Gasteiger partial charge in [-0.2, -0.15) is 0 Å². The molecule has 1 N–H and O–H groups in total. The summed E-state index contributed by atoms with van der Waals surface area (Å²) in [6, 6.07) is 23.7. The molecule has 0 amide bonds. The van der Waals surface area contributed by atoms with Crippen molar-refractivity contribution < 1.29 is 9.47 Å². The standard InChI is InChI=1S/C32H33N3O2/c1-21-27-18-24(9-11-28(27)34-31(21)25-10-12-29(36-2)30(19-25)37-3)22-13-16-35(17-14-22)20-26-7-4-6-23-8-5-15-33-32(23)26/h4-12,15,18-19,22,34H,13-14,16-17,20H2,1-3H3. The van der Waals surface area contributed by atoms with Crippen LogP contribution in [0.15, 0.2) is 72.9 Å². The molecule has 0 saturated carbocycles. The fourth-order valence-electron chi connectivity index (χ4n) is 5.84. The molecular weight excluding hydrogens is 458 g/mol. The number of rotatable bonds is 6. The Labute approximate surface area is 218 Å². The molecule has 0 atom stereocenters. The van der Waals surface area contributed by atoms with Crippen molar-refractivity contribution in [3.8, 4) is 22.8 Å². The Hall–Kier alpha value is -3.83. The molecule has 1 aliphatic heterocycles. The van der Waals surface area contributed by atoms with Gasteiger partial charge in [-0.3, -0.25) is 9.88 Å². The number of piperidine rings is 1. The van der Waals surface area contributed by atoms with E-state index in [0.29, 0.717) is 5.92 Å². The first-order valence-corrected chi connectivity index (χ1v) is 13.0. The summed E-state index contributed by atoms with van der Waals surface area (Å²) in [6.45, 7) is 5.38. The van der Waals surface area contributed by atoms with Gasteiger partial charge in [0, 0.05) is 40.3 Å². The number of nitrogens with one attached hydrogen (secondary N) is 1. The van der Waals surface area contributed by atoms with Gasteiger partial charge in [-0.05, 0) is 91.9 Å². The minimum atomic E-state index is 0.588. The maximum absolute atomic E-state index is 5.53. The highest BCUT2D eigenvalue weighted by molar-refractivity contribution is 5.91. The second kappa shape index (κ2) is 9.91. The van der Waals surface area contributed by atoms with Gasteiger partial charge in [0.2, 0.25) is 0 Å². The van der Waals surface area contributed by atoms with Gasteiger partial charge in [0.15, 0.2) is 11.5 Å². The molecule has 37 heavy (non-hydrogen) atoms. The Balaban J connectivity index is 1.19. The number of hydrogen-bond acceptors (Lipinski definition) is 4. The summed E-state index contributed by atoms with van der Waals surface area (Å²) in [6.07, 6.45) is 4.25. The van der Waals surface area contributed by atoms with Gasteiger partial charge in [0.1, 0.15) is 0 Å². The highest BCUT2D eigenvalue weighted by atomic mass is 16.5. The summed E-state index contributed by atoms with van der Waals surface area (Å²) < 4.78 is 10.9. The zero-order chi connectivity index (χ0) is 25.4. The Morgan fingerprint density at radius 2 is 1.73 bits per heavy atom. The maximum atomic E-state index is 5.53. The molecular formula is C32H33N3O2. The van der Waals surface area contributed by atoms with Crippen LogP contribution in [0, 0.1) is 6.92 Å². The normalized spacial score (nSPS) is 14.9. The number of pyridine rings is 1. The number of benzene rings is 3. The lowest BCUT2D eigenvalue weighted by Gasteiger charge is -2.32. The third kappa shape index (κ3) is 4.44. The Bertz CT molecular complexity index is 1560. The zero-order valence-electron chi connectivity index (χ0n) is 21.8. The number of ether oxygens (including phenoxy) is 2. The number of likely N-dealkylation sites (tertiary alicyclic amines) is 1. The minimum Gasteiger partial charge on any atom is -0.493 e. The summed E-state index contributed by atoms with van der Waals surface area (Å²) in [5.41, 5.74) is 8.57. The molecule has 0 radical (unpaired) electrons. The van der Waals surface area contributed by atoms with Crippen molar-refractivity contribution in [3.63, 3.8) is 0 Å². The number of para-hydroxylation sites is 1. The predicted molar refractivity (Wildman–Crippen MR) is 151 cm³/mol. The fourth-order valence-corrected chi connectivity index (χ4v) is 5.84. The van der Waals surface area contributed by atoms with Crippen LogP contribution in [0.25, 0.3) is 33.1 Å². The predicted octanol–water partition coefficient (Wildman–Crippen LogP) is 7.09. The van der Waals surface area contributed by atoms with Gasteiger partial charge in [-0.1, -0.05) is 30.3 Å². The first-order chi connectivity index (χ1) is 18.1. The van der Waals surface area contributed by atoms with Gasteiger partial charge in [-0.15, -0.1) is 0 Å². The van der Waals surface area contributed by atoms with Crippen LogP contribution in [-0.4, -0.2) is 42.2 Å². The van der Waals surface area contributed by atoms with Gasteiger partial charge in [0.25, 0.3) is 0 Å². The maximum Gasteiger partial charge on any atom is 0.161 e. The van der Waals surface area contributed by atoms with Crippen LogP contribution in [0.2, 0.25) is 0 Å². The van der Waals surface area contributed by atoms with Crippen LogP contribution in [0.5, 0.6) is 11.5 Å². The number of methoxy groups -OCH3 is 2. The van der Waals surface area contributed by atoms with Crippen LogP contribution in [0.1, 0.15) is 35.4 Å². The molecule has 0 spiro atoms. The fraction of sp³-hybridized carbons (Fsp3) is 0.281. The molecule has 5 heteroatoms. The molecule has 1 aliphatic rings. The SMILES string of the molecule is COc1ccc(-c2[nH]c3ccc(C4CCN(Cc5cccc6cccnc56)CC4)cc3c2C)cc1OC. The molecule has 1 saturated heterocycles. The third-order valence-electron chi connectivity index (χ3n) is 7.92. The van der Waals surface area contributed by atoms with E-state index in [0.717, 1.165) is 47.9 Å². The Morgan fingerprint density at radius 3 is 2.54 bits per heavy atom. The van der Waals surface area contributed by atoms with Crippen molar-refractivity contribution in [2.45, 2.75) is 32.2 Å². The van der Waals surface area contributed by atoms with Crippen molar-refractivity contribution in [3.05, 3.63) is 89.6 Å². The molecule has 6 rings (SSSR count). The lowest BCUT2D eigenvalue weighted by molar-refractivity contribution is 0.205. The van der Waals surface area contributed by atoms with E-state index in [1.807, 2.05) is 24.4 Å². The topological polar surface area (TPSA) is 50.4 Å². The number of hydrogen-bond donors (Lipinski definition) is 1. The number of H-pyrrole nitrogens is 1. The number of aromatic nitrogens is 2. The molecule has 3 heterocycles. The van der Waals surface area contributed by atoms with Crippen molar-refractivity contribution in [1.82, 2.24) is 14.9 Å². The third-order valence-corrected chi connectivity index (χ3v) is 7.92. The van der Waals surface area contributed by atoms with Crippen molar-refractivity contribution in [1.29, 1.82) is 0 Å². The molecule has 3 aromatic carbocycles. The highest BCUT2D eigenvalue weighted by Crippen LogP contribution is 2.37. The molecule has 5 nitrogen and oxygen atoms in total. The molecule has 0 unspecified atom stereocenters. The Morgan fingerprint density at radius 1 is 0.919 bits per heavy atom. The minimum absolute atomic E-state index is 0.588. The van der Waals surface area contributed by atoms with Crippen LogP contribution in [-0.2, 0) is 6.54 Å². The average Bonchev–Trinajstić information content (AvgIpc) is 3.29. The van der Waals surface area contributed by atoms with Crippen LogP contribution >= 0.6 is 0 Å². The molecule has 2 aromatic heterocycles. The largest absolute Gasteiger partial charge is 0.493 e. The van der Waals surface area contributed by atoms with E-state index in [-0.39, 0.29) is 0 Å². The van der Waals surface area contributed by atoms with E-state index in [1.165, 1.54) is 45.8 Å². The lowest BCUT2D eigenvalue weighted by atomic mass is 9.88. The van der Waals surface area contributed by atoms with Gasteiger partial charge < -0.3 is 14.5 Å². The lowest BCUT2D eigenvalue weighted by Crippen LogP contribution is -2.32. The second-order valence-electron chi connectivity index (χ2n) is 10.0. The first-order valence-electron chi connectivity index (χ1n) is 13.0. The van der Waals surface area contributed by atoms with E-state index in [1.54, 1.807) is 14.2 Å². The van der Waals surface area contributed by atoms with Gasteiger partial charge in [-0.25, -0.2) is 0 Å².